The van der Waals surface area contributed by atoms with E-state index in [9.17, 15) is 9.59 Å². The zero-order valence-electron chi connectivity index (χ0n) is 21.1. The van der Waals surface area contributed by atoms with E-state index < -0.39 is 11.0 Å². The van der Waals surface area contributed by atoms with E-state index in [1.54, 1.807) is 43.9 Å². The van der Waals surface area contributed by atoms with Crippen molar-refractivity contribution in [2.75, 3.05) is 30.7 Å². The number of urea groups is 1. The molecule has 2 amide bonds. The Hall–Kier alpha value is -3.04. The van der Waals surface area contributed by atoms with Crippen LogP contribution in [0.4, 0.5) is 16.2 Å². The molecule has 1 unspecified atom stereocenters. The van der Waals surface area contributed by atoms with Gasteiger partial charge in [-0.25, -0.2) is 4.79 Å². The topological polar surface area (TPSA) is 109 Å². The number of carbonyl (C=O) groups is 2. The van der Waals surface area contributed by atoms with E-state index in [-0.39, 0.29) is 23.7 Å². The van der Waals surface area contributed by atoms with Gasteiger partial charge in [0.2, 0.25) is 0 Å². The van der Waals surface area contributed by atoms with Crippen molar-refractivity contribution >= 4 is 52.3 Å². The number of amides is 2. The first-order valence-electron chi connectivity index (χ1n) is 11.8. The minimum Gasteiger partial charge on any atom is -0.462 e. The van der Waals surface area contributed by atoms with Crippen molar-refractivity contribution in [2.45, 2.75) is 46.2 Å². The highest BCUT2D eigenvalue weighted by molar-refractivity contribution is 7.80. The van der Waals surface area contributed by atoms with Gasteiger partial charge in [-0.05, 0) is 75.7 Å². The standard InChI is InChI=1S/C26H34ClN5O3S/c1-25(2,3)22(33)35-16-26(4,18-9-6-10-19(27)14-18)31-23(36)30-21-17(8-5-11-20(21)28)15-29-24(34)32-12-7-13-32/h5-6,8-11,14H,7,12-13,15-16,28H2,1-4H3,(H,29,34)(H2,30,31,36). The molecule has 36 heavy (non-hydrogen) atoms. The van der Waals surface area contributed by atoms with Gasteiger partial charge in [0.15, 0.2) is 5.11 Å². The van der Waals surface area contributed by atoms with Gasteiger partial charge in [0.05, 0.1) is 22.3 Å². The van der Waals surface area contributed by atoms with Gasteiger partial charge >= 0.3 is 12.0 Å². The van der Waals surface area contributed by atoms with E-state index in [0.29, 0.717) is 22.9 Å². The summed E-state index contributed by atoms with van der Waals surface area (Å²) in [7, 11) is 0. The quantitative estimate of drug-likeness (QED) is 0.234. The molecule has 1 aliphatic rings. The maximum absolute atomic E-state index is 12.5. The molecule has 0 saturated carbocycles. The fourth-order valence-electron chi connectivity index (χ4n) is 3.57. The molecule has 2 aromatic rings. The number of hydrogen-bond donors (Lipinski definition) is 4. The Morgan fingerprint density at radius 3 is 2.44 bits per heavy atom. The van der Waals surface area contributed by atoms with E-state index in [0.717, 1.165) is 30.6 Å². The van der Waals surface area contributed by atoms with Crippen LogP contribution < -0.4 is 21.7 Å². The summed E-state index contributed by atoms with van der Waals surface area (Å²) >= 11 is 11.9. The molecular formula is C26H34ClN5O3S. The molecule has 0 aliphatic carbocycles. The smallest absolute Gasteiger partial charge is 0.317 e. The molecule has 1 aliphatic heterocycles. The summed E-state index contributed by atoms with van der Waals surface area (Å²) in [4.78, 5) is 26.5. The number of halogens is 1. The molecule has 2 aromatic carbocycles. The molecule has 0 aromatic heterocycles. The first-order chi connectivity index (χ1) is 16.9. The summed E-state index contributed by atoms with van der Waals surface area (Å²) in [5, 5.41) is 10.2. The molecule has 10 heteroatoms. The lowest BCUT2D eigenvalue weighted by molar-refractivity contribution is -0.155. The van der Waals surface area contributed by atoms with Crippen LogP contribution in [0, 0.1) is 5.41 Å². The Morgan fingerprint density at radius 2 is 1.83 bits per heavy atom. The molecule has 5 N–H and O–H groups in total. The number of thiocarbonyl (C=S) groups is 1. The third-order valence-electron chi connectivity index (χ3n) is 5.95. The van der Waals surface area contributed by atoms with Crippen LogP contribution in [0.3, 0.4) is 0 Å². The molecule has 194 valence electrons. The number of hydrogen-bond acceptors (Lipinski definition) is 5. The maximum atomic E-state index is 12.5. The van der Waals surface area contributed by atoms with Crippen LogP contribution in [0.5, 0.6) is 0 Å². The third kappa shape index (κ3) is 7.01. The number of ether oxygens (including phenoxy) is 1. The van der Waals surface area contributed by atoms with Crippen molar-refractivity contribution in [1.82, 2.24) is 15.5 Å². The van der Waals surface area contributed by atoms with Gasteiger partial charge in [0, 0.05) is 24.7 Å². The van der Waals surface area contributed by atoms with Gasteiger partial charge in [0.1, 0.15) is 6.61 Å². The number of anilines is 2. The number of likely N-dealkylation sites (tertiary alicyclic amines) is 1. The Balaban J connectivity index is 1.77. The number of nitrogens with one attached hydrogen (secondary N) is 3. The van der Waals surface area contributed by atoms with E-state index >= 15 is 0 Å². The van der Waals surface area contributed by atoms with Gasteiger partial charge in [-0.15, -0.1) is 0 Å². The monoisotopic (exact) mass is 531 g/mol. The first kappa shape index (κ1) is 27.5. The zero-order valence-corrected chi connectivity index (χ0v) is 22.7. The minimum atomic E-state index is -0.884. The normalized spacial score (nSPS) is 14.8. The average Bonchev–Trinajstić information content (AvgIpc) is 2.76. The highest BCUT2D eigenvalue weighted by Gasteiger charge is 2.32. The number of nitrogens with zero attached hydrogens (tertiary/aromatic N) is 1. The van der Waals surface area contributed by atoms with Crippen molar-refractivity contribution in [3.8, 4) is 0 Å². The summed E-state index contributed by atoms with van der Waals surface area (Å²) in [5.74, 6) is -0.330. The van der Waals surface area contributed by atoms with Crippen LogP contribution in [0.15, 0.2) is 42.5 Å². The number of esters is 1. The minimum absolute atomic E-state index is 0.0221. The zero-order chi connectivity index (χ0) is 26.5. The molecule has 0 bridgehead atoms. The predicted octanol–water partition coefficient (Wildman–Crippen LogP) is 4.63. The predicted molar refractivity (Wildman–Crippen MR) is 148 cm³/mol. The molecule has 1 atom stereocenters. The van der Waals surface area contributed by atoms with Crippen molar-refractivity contribution < 1.29 is 14.3 Å². The van der Waals surface area contributed by atoms with E-state index in [2.05, 4.69) is 16.0 Å². The lowest BCUT2D eigenvalue weighted by Gasteiger charge is -2.33. The van der Waals surface area contributed by atoms with Crippen molar-refractivity contribution in [2.24, 2.45) is 5.41 Å². The van der Waals surface area contributed by atoms with Gasteiger partial charge in [-0.3, -0.25) is 4.79 Å². The van der Waals surface area contributed by atoms with Gasteiger partial charge in [0.25, 0.3) is 0 Å². The summed E-state index contributed by atoms with van der Waals surface area (Å²) < 4.78 is 5.66. The molecular weight excluding hydrogens is 498 g/mol. The Morgan fingerprint density at radius 1 is 1.14 bits per heavy atom. The van der Waals surface area contributed by atoms with E-state index in [1.807, 2.05) is 31.2 Å². The molecule has 1 saturated heterocycles. The summed E-state index contributed by atoms with van der Waals surface area (Å²) in [6, 6.07) is 12.6. The SMILES string of the molecule is CC(C)(C)C(=O)OCC(C)(NC(=S)Nc1c(N)cccc1CNC(=O)N1CCC1)c1cccc(Cl)c1. The molecule has 0 spiro atoms. The van der Waals surface area contributed by atoms with Crippen LogP contribution >= 0.6 is 23.8 Å². The van der Waals surface area contributed by atoms with Crippen molar-refractivity contribution in [1.29, 1.82) is 0 Å². The average molecular weight is 532 g/mol. The summed E-state index contributed by atoms with van der Waals surface area (Å²) in [5.41, 5.74) is 7.38. The Bertz CT molecular complexity index is 1130. The molecule has 3 rings (SSSR count). The molecule has 0 radical (unpaired) electrons. The van der Waals surface area contributed by atoms with E-state index in [4.69, 9.17) is 34.3 Å². The second kappa shape index (κ2) is 11.3. The van der Waals surface area contributed by atoms with Gasteiger partial charge < -0.3 is 31.3 Å². The molecule has 1 fully saturated rings. The second-order valence-corrected chi connectivity index (χ2v) is 11.0. The highest BCUT2D eigenvalue weighted by Crippen LogP contribution is 2.28. The van der Waals surface area contributed by atoms with Crippen LogP contribution in [0.1, 0.15) is 45.2 Å². The van der Waals surface area contributed by atoms with E-state index in [1.165, 1.54) is 0 Å². The van der Waals surface area contributed by atoms with Gasteiger partial charge in [-0.1, -0.05) is 35.9 Å². The van der Waals surface area contributed by atoms with Crippen LogP contribution in [-0.2, 0) is 21.6 Å². The fourth-order valence-corrected chi connectivity index (χ4v) is 4.08. The molecule has 8 nitrogen and oxygen atoms in total. The van der Waals surface area contributed by atoms with Crippen molar-refractivity contribution in [3.05, 3.63) is 58.6 Å². The van der Waals surface area contributed by atoms with Gasteiger partial charge in [-0.2, -0.15) is 0 Å². The van der Waals surface area contributed by atoms with Crippen LogP contribution in [0.25, 0.3) is 0 Å². The highest BCUT2D eigenvalue weighted by atomic mass is 35.5. The lowest BCUT2D eigenvalue weighted by Crippen LogP contribution is -2.49. The largest absolute Gasteiger partial charge is 0.462 e. The summed E-state index contributed by atoms with van der Waals surface area (Å²) in [6.45, 7) is 9.12. The lowest BCUT2D eigenvalue weighted by atomic mass is 9.92. The number of carbonyl (C=O) groups excluding carboxylic acids is 2. The number of rotatable bonds is 7. The third-order valence-corrected chi connectivity index (χ3v) is 6.39. The number of para-hydroxylation sites is 1. The Labute approximate surface area is 222 Å². The maximum Gasteiger partial charge on any atom is 0.317 e. The fraction of sp³-hybridized carbons (Fsp3) is 0.423. The Kier molecular flexibility index (Phi) is 8.68. The number of nitrogens with two attached hydrogens (primary N) is 1. The number of benzene rings is 2. The number of nitrogen functional groups attached to an aromatic ring is 1. The first-order valence-corrected chi connectivity index (χ1v) is 12.6. The van der Waals surface area contributed by atoms with Crippen molar-refractivity contribution in [3.63, 3.8) is 0 Å². The summed E-state index contributed by atoms with van der Waals surface area (Å²) in [6.07, 6.45) is 1.02. The second-order valence-electron chi connectivity index (χ2n) is 10.1. The van der Waals surface area contributed by atoms with Crippen LogP contribution in [0.2, 0.25) is 5.02 Å². The van der Waals surface area contributed by atoms with Crippen LogP contribution in [-0.4, -0.2) is 41.7 Å². The molecule has 1 heterocycles.